The molecule has 0 spiro atoms. The van der Waals surface area contributed by atoms with Crippen LogP contribution in [0.2, 0.25) is 0 Å². The first kappa shape index (κ1) is 8.94. The molecule has 2 aromatic heterocycles. The van der Waals surface area contributed by atoms with E-state index in [-0.39, 0.29) is 5.78 Å². The minimum atomic E-state index is 0.166. The third-order valence-electron chi connectivity index (χ3n) is 2.27. The summed E-state index contributed by atoms with van der Waals surface area (Å²) in [5, 5.41) is 0. The fourth-order valence-corrected chi connectivity index (χ4v) is 1.61. The van der Waals surface area contributed by atoms with Gasteiger partial charge in [-0.15, -0.1) is 0 Å². The molecule has 0 radical (unpaired) electrons. The fourth-order valence-electron chi connectivity index (χ4n) is 1.61. The molecule has 2 heterocycles. The normalized spacial score (nSPS) is 10.7. The Labute approximate surface area is 82.4 Å². The average Bonchev–Trinajstić information content (AvgIpc) is 2.58. The van der Waals surface area contributed by atoms with Gasteiger partial charge in [0.25, 0.3) is 0 Å². The Morgan fingerprint density at radius 2 is 2.29 bits per heavy atom. The van der Waals surface area contributed by atoms with Gasteiger partial charge >= 0.3 is 0 Å². The van der Waals surface area contributed by atoms with E-state index in [4.69, 9.17) is 0 Å². The molecule has 3 heteroatoms. The third kappa shape index (κ3) is 1.41. The second-order valence-corrected chi connectivity index (χ2v) is 3.50. The monoisotopic (exact) mass is 188 g/mol. The van der Waals surface area contributed by atoms with Crippen LogP contribution in [0.1, 0.15) is 18.2 Å². The summed E-state index contributed by atoms with van der Waals surface area (Å²) in [7, 11) is 0. The van der Waals surface area contributed by atoms with Crippen molar-refractivity contribution in [2.75, 3.05) is 0 Å². The minimum Gasteiger partial charge on any atom is -0.304 e. The molecule has 0 aliphatic heterocycles. The van der Waals surface area contributed by atoms with Crippen LogP contribution >= 0.6 is 0 Å². The number of carbonyl (C=O) groups is 1. The van der Waals surface area contributed by atoms with Crippen LogP contribution in [0.4, 0.5) is 0 Å². The Morgan fingerprint density at radius 3 is 3.00 bits per heavy atom. The maximum atomic E-state index is 11.0. The summed E-state index contributed by atoms with van der Waals surface area (Å²) in [6.45, 7) is 3.62. The number of nitrogens with zero attached hydrogens (tertiary/aromatic N) is 2. The number of fused-ring (bicyclic) bond motifs is 1. The van der Waals surface area contributed by atoms with Crippen LogP contribution in [0.25, 0.3) is 5.65 Å². The van der Waals surface area contributed by atoms with E-state index >= 15 is 0 Å². The Balaban J connectivity index is 2.60. The summed E-state index contributed by atoms with van der Waals surface area (Å²) >= 11 is 0. The van der Waals surface area contributed by atoms with E-state index in [0.29, 0.717) is 6.42 Å². The van der Waals surface area contributed by atoms with Crippen molar-refractivity contribution < 1.29 is 4.79 Å². The molecule has 2 aromatic rings. The Morgan fingerprint density at radius 1 is 1.50 bits per heavy atom. The minimum absolute atomic E-state index is 0.166. The molecule has 0 aliphatic rings. The lowest BCUT2D eigenvalue weighted by molar-refractivity contribution is -0.116. The van der Waals surface area contributed by atoms with Gasteiger partial charge in [-0.2, -0.15) is 0 Å². The molecule has 0 N–H and O–H groups in total. The summed E-state index contributed by atoms with van der Waals surface area (Å²) < 4.78 is 2.00. The van der Waals surface area contributed by atoms with Crippen molar-refractivity contribution in [3.63, 3.8) is 0 Å². The van der Waals surface area contributed by atoms with Crippen molar-refractivity contribution >= 4 is 11.4 Å². The first-order valence-corrected chi connectivity index (χ1v) is 4.59. The smallest absolute Gasteiger partial charge is 0.140 e. The Kier molecular flexibility index (Phi) is 2.08. The standard InChI is InChI=1S/C11H12N2O/c1-8-3-4-10(7-9(2)14)11-12-5-6-13(8)11/h3-6H,7H2,1-2H3. The highest BCUT2D eigenvalue weighted by Gasteiger charge is 2.05. The highest BCUT2D eigenvalue weighted by molar-refractivity contribution is 5.80. The first-order valence-electron chi connectivity index (χ1n) is 4.59. The van der Waals surface area contributed by atoms with Crippen molar-refractivity contribution in [3.8, 4) is 0 Å². The van der Waals surface area contributed by atoms with Crippen LogP contribution in [0.5, 0.6) is 0 Å². The maximum absolute atomic E-state index is 11.0. The lowest BCUT2D eigenvalue weighted by Gasteiger charge is -2.04. The van der Waals surface area contributed by atoms with Crippen LogP contribution in [0, 0.1) is 6.92 Å². The van der Waals surface area contributed by atoms with Crippen molar-refractivity contribution in [1.29, 1.82) is 0 Å². The van der Waals surface area contributed by atoms with Gasteiger partial charge in [0.05, 0.1) is 0 Å². The summed E-state index contributed by atoms with van der Waals surface area (Å²) in [5.74, 6) is 0.166. The van der Waals surface area contributed by atoms with Gasteiger partial charge in [0, 0.05) is 30.1 Å². The highest BCUT2D eigenvalue weighted by atomic mass is 16.1. The second-order valence-electron chi connectivity index (χ2n) is 3.50. The van der Waals surface area contributed by atoms with Gasteiger partial charge in [-0.25, -0.2) is 4.98 Å². The molecule has 0 unspecified atom stereocenters. The third-order valence-corrected chi connectivity index (χ3v) is 2.27. The predicted molar refractivity (Wildman–Crippen MR) is 54.3 cm³/mol. The zero-order valence-corrected chi connectivity index (χ0v) is 8.32. The maximum Gasteiger partial charge on any atom is 0.140 e. The summed E-state index contributed by atoms with van der Waals surface area (Å²) in [5.41, 5.74) is 3.01. The molecule has 0 fully saturated rings. The number of pyridine rings is 1. The topological polar surface area (TPSA) is 34.4 Å². The summed E-state index contributed by atoms with van der Waals surface area (Å²) in [6, 6.07) is 3.98. The molecule has 14 heavy (non-hydrogen) atoms. The van der Waals surface area contributed by atoms with Crippen LogP contribution in [0.3, 0.4) is 0 Å². The molecule has 72 valence electrons. The van der Waals surface area contributed by atoms with E-state index < -0.39 is 0 Å². The van der Waals surface area contributed by atoms with Crippen LogP contribution < -0.4 is 0 Å². The molecule has 0 atom stereocenters. The highest BCUT2D eigenvalue weighted by Crippen LogP contribution is 2.12. The van der Waals surface area contributed by atoms with Crippen molar-refractivity contribution in [3.05, 3.63) is 35.8 Å². The van der Waals surface area contributed by atoms with Crippen LogP contribution in [-0.2, 0) is 11.2 Å². The number of hydrogen-bond donors (Lipinski definition) is 0. The number of carbonyl (C=O) groups excluding carboxylic acids is 1. The van der Waals surface area contributed by atoms with E-state index in [2.05, 4.69) is 4.98 Å². The molecule has 0 bridgehead atoms. The van der Waals surface area contributed by atoms with Gasteiger partial charge in [0.2, 0.25) is 0 Å². The van der Waals surface area contributed by atoms with Crippen molar-refractivity contribution in [2.24, 2.45) is 0 Å². The van der Waals surface area contributed by atoms with Crippen LogP contribution in [-0.4, -0.2) is 15.2 Å². The molecule has 0 amide bonds. The second kappa shape index (κ2) is 3.25. The van der Waals surface area contributed by atoms with Gasteiger partial charge in [-0.05, 0) is 19.9 Å². The van der Waals surface area contributed by atoms with E-state index in [1.807, 2.05) is 29.7 Å². The summed E-state index contributed by atoms with van der Waals surface area (Å²) in [6.07, 6.45) is 4.13. The number of imidazole rings is 1. The number of hydrogen-bond acceptors (Lipinski definition) is 2. The molecular formula is C11H12N2O. The number of Topliss-reactive ketones (excluding diaryl/α,β-unsaturated/α-hetero) is 1. The van der Waals surface area contributed by atoms with Gasteiger partial charge in [0.15, 0.2) is 0 Å². The lowest BCUT2D eigenvalue weighted by atomic mass is 10.1. The summed E-state index contributed by atoms with van der Waals surface area (Å²) in [4.78, 5) is 15.3. The fraction of sp³-hybridized carbons (Fsp3) is 0.273. The van der Waals surface area contributed by atoms with Gasteiger partial charge in [-0.3, -0.25) is 4.79 Å². The average molecular weight is 188 g/mol. The predicted octanol–water partition coefficient (Wildman–Crippen LogP) is 1.77. The van der Waals surface area contributed by atoms with E-state index in [0.717, 1.165) is 16.9 Å². The van der Waals surface area contributed by atoms with E-state index in [9.17, 15) is 4.79 Å². The van der Waals surface area contributed by atoms with Gasteiger partial charge in [0.1, 0.15) is 11.4 Å². The molecule has 0 saturated carbocycles. The number of aromatic nitrogens is 2. The van der Waals surface area contributed by atoms with E-state index in [1.54, 1.807) is 13.1 Å². The number of rotatable bonds is 2. The van der Waals surface area contributed by atoms with Gasteiger partial charge in [-0.1, -0.05) is 6.07 Å². The van der Waals surface area contributed by atoms with Crippen LogP contribution in [0.15, 0.2) is 24.5 Å². The molecule has 2 rings (SSSR count). The Hall–Kier alpha value is -1.64. The van der Waals surface area contributed by atoms with Gasteiger partial charge < -0.3 is 4.40 Å². The lowest BCUT2D eigenvalue weighted by Crippen LogP contribution is -2.01. The largest absolute Gasteiger partial charge is 0.304 e. The van der Waals surface area contributed by atoms with E-state index in [1.165, 1.54) is 0 Å². The SMILES string of the molecule is CC(=O)Cc1ccc(C)n2ccnc12. The zero-order valence-electron chi connectivity index (χ0n) is 8.32. The quantitative estimate of drug-likeness (QED) is 0.719. The number of ketones is 1. The molecule has 3 nitrogen and oxygen atoms in total. The van der Waals surface area contributed by atoms with Crippen molar-refractivity contribution in [1.82, 2.24) is 9.38 Å². The first-order chi connectivity index (χ1) is 6.68. The molecular weight excluding hydrogens is 176 g/mol. The Bertz CT molecular complexity index is 485. The zero-order chi connectivity index (χ0) is 10.1. The molecule has 0 aromatic carbocycles. The number of aryl methyl sites for hydroxylation is 1. The van der Waals surface area contributed by atoms with Crippen molar-refractivity contribution in [2.45, 2.75) is 20.3 Å². The molecule has 0 saturated heterocycles. The molecule has 0 aliphatic carbocycles.